The SMILES string of the molecule is Cc1c(C(=O)OCC(C)C)nnn1CC(=O)N(C)C(C)C. The van der Waals surface area contributed by atoms with Crippen LogP contribution in [0.5, 0.6) is 0 Å². The molecule has 0 atom stereocenters. The van der Waals surface area contributed by atoms with E-state index in [0.29, 0.717) is 12.3 Å². The van der Waals surface area contributed by atoms with E-state index in [2.05, 4.69) is 10.3 Å². The molecule has 0 spiro atoms. The molecule has 0 saturated heterocycles. The molecule has 0 aliphatic rings. The molecule has 0 unspecified atom stereocenters. The zero-order chi connectivity index (χ0) is 16.2. The number of nitrogens with zero attached hydrogens (tertiary/aromatic N) is 4. The largest absolute Gasteiger partial charge is 0.461 e. The molecule has 0 aromatic carbocycles. The first-order chi connectivity index (χ1) is 9.73. The van der Waals surface area contributed by atoms with Crippen molar-refractivity contribution in [2.24, 2.45) is 5.92 Å². The Hall–Kier alpha value is -1.92. The molecule has 1 amide bonds. The Labute approximate surface area is 125 Å². The van der Waals surface area contributed by atoms with Crippen molar-refractivity contribution in [3.05, 3.63) is 11.4 Å². The second-order valence-electron chi connectivity index (χ2n) is 5.77. The van der Waals surface area contributed by atoms with Gasteiger partial charge in [0.25, 0.3) is 0 Å². The molecule has 0 aliphatic heterocycles. The Balaban J connectivity index is 2.76. The predicted octanol–water partition coefficient (Wildman–Crippen LogP) is 1.27. The van der Waals surface area contributed by atoms with Crippen molar-refractivity contribution in [1.82, 2.24) is 19.9 Å². The molecule has 0 saturated carbocycles. The summed E-state index contributed by atoms with van der Waals surface area (Å²) >= 11 is 0. The van der Waals surface area contributed by atoms with E-state index in [1.807, 2.05) is 27.7 Å². The molecule has 21 heavy (non-hydrogen) atoms. The summed E-state index contributed by atoms with van der Waals surface area (Å²) in [5.74, 6) is -0.331. The molecule has 7 heteroatoms. The normalized spacial score (nSPS) is 11.0. The molecule has 1 aromatic rings. The number of ether oxygens (including phenoxy) is 1. The van der Waals surface area contributed by atoms with Gasteiger partial charge in [0.1, 0.15) is 6.54 Å². The first-order valence-corrected chi connectivity index (χ1v) is 7.06. The minimum absolute atomic E-state index is 0.0605. The van der Waals surface area contributed by atoms with Crippen LogP contribution in [0.1, 0.15) is 43.9 Å². The Morgan fingerprint density at radius 1 is 1.29 bits per heavy atom. The van der Waals surface area contributed by atoms with Crippen LogP contribution in [0, 0.1) is 12.8 Å². The van der Waals surface area contributed by atoms with Crippen LogP contribution in [0.4, 0.5) is 0 Å². The highest BCUT2D eigenvalue weighted by molar-refractivity contribution is 5.88. The van der Waals surface area contributed by atoms with E-state index in [-0.39, 0.29) is 30.1 Å². The fourth-order valence-corrected chi connectivity index (χ4v) is 1.54. The summed E-state index contributed by atoms with van der Waals surface area (Å²) in [7, 11) is 1.73. The van der Waals surface area contributed by atoms with Gasteiger partial charge in [-0.3, -0.25) is 4.79 Å². The first kappa shape index (κ1) is 17.1. The number of esters is 1. The summed E-state index contributed by atoms with van der Waals surface area (Å²) in [5.41, 5.74) is 0.699. The number of carbonyl (C=O) groups excluding carboxylic acids is 2. The summed E-state index contributed by atoms with van der Waals surface area (Å²) in [4.78, 5) is 25.5. The third-order valence-electron chi connectivity index (χ3n) is 3.18. The fraction of sp³-hybridized carbons (Fsp3) is 0.714. The van der Waals surface area contributed by atoms with Gasteiger partial charge in [0.05, 0.1) is 12.3 Å². The Morgan fingerprint density at radius 2 is 1.90 bits per heavy atom. The van der Waals surface area contributed by atoms with Gasteiger partial charge in [0.15, 0.2) is 5.69 Å². The van der Waals surface area contributed by atoms with Crippen molar-refractivity contribution in [2.45, 2.75) is 47.2 Å². The maximum Gasteiger partial charge on any atom is 0.360 e. The molecule has 0 N–H and O–H groups in total. The number of carbonyl (C=O) groups is 2. The minimum Gasteiger partial charge on any atom is -0.461 e. The van der Waals surface area contributed by atoms with E-state index in [9.17, 15) is 9.59 Å². The number of hydrogen-bond acceptors (Lipinski definition) is 5. The van der Waals surface area contributed by atoms with Crippen LogP contribution in [0.25, 0.3) is 0 Å². The van der Waals surface area contributed by atoms with Gasteiger partial charge < -0.3 is 9.64 Å². The van der Waals surface area contributed by atoms with Crippen LogP contribution in [-0.2, 0) is 16.1 Å². The second kappa shape index (κ2) is 7.19. The van der Waals surface area contributed by atoms with E-state index in [1.54, 1.807) is 18.9 Å². The highest BCUT2D eigenvalue weighted by atomic mass is 16.5. The lowest BCUT2D eigenvalue weighted by Crippen LogP contribution is -2.36. The molecule has 0 bridgehead atoms. The smallest absolute Gasteiger partial charge is 0.360 e. The monoisotopic (exact) mass is 296 g/mol. The quantitative estimate of drug-likeness (QED) is 0.739. The highest BCUT2D eigenvalue weighted by Crippen LogP contribution is 2.08. The van der Waals surface area contributed by atoms with Crippen LogP contribution < -0.4 is 0 Å². The lowest BCUT2D eigenvalue weighted by molar-refractivity contribution is -0.132. The van der Waals surface area contributed by atoms with Crippen molar-refractivity contribution in [3.63, 3.8) is 0 Å². The van der Waals surface area contributed by atoms with E-state index in [0.717, 1.165) is 0 Å². The van der Waals surface area contributed by atoms with E-state index < -0.39 is 5.97 Å². The van der Waals surface area contributed by atoms with Gasteiger partial charge in [-0.15, -0.1) is 5.10 Å². The summed E-state index contributed by atoms with van der Waals surface area (Å²) in [6, 6.07) is 0.108. The van der Waals surface area contributed by atoms with Gasteiger partial charge in [-0.05, 0) is 26.7 Å². The van der Waals surface area contributed by atoms with Gasteiger partial charge in [-0.2, -0.15) is 0 Å². The summed E-state index contributed by atoms with van der Waals surface area (Å²) in [6.45, 7) is 9.87. The van der Waals surface area contributed by atoms with Crippen molar-refractivity contribution < 1.29 is 14.3 Å². The number of hydrogen-bond donors (Lipinski definition) is 0. The standard InChI is InChI=1S/C14H24N4O3/c1-9(2)8-21-14(20)13-11(5)18(16-15-13)7-12(19)17(6)10(3)4/h9-10H,7-8H2,1-6H3. The molecule has 1 rings (SSSR count). The molecule has 0 radical (unpaired) electrons. The molecule has 118 valence electrons. The summed E-state index contributed by atoms with van der Waals surface area (Å²) < 4.78 is 6.55. The zero-order valence-electron chi connectivity index (χ0n) is 13.6. The van der Waals surface area contributed by atoms with Gasteiger partial charge in [-0.1, -0.05) is 19.1 Å². The van der Waals surface area contributed by atoms with Gasteiger partial charge in [0, 0.05) is 13.1 Å². The second-order valence-corrected chi connectivity index (χ2v) is 5.77. The summed E-state index contributed by atoms with van der Waals surface area (Å²) in [6.07, 6.45) is 0. The fourth-order valence-electron chi connectivity index (χ4n) is 1.54. The van der Waals surface area contributed by atoms with Crippen molar-refractivity contribution in [1.29, 1.82) is 0 Å². The zero-order valence-corrected chi connectivity index (χ0v) is 13.6. The van der Waals surface area contributed by atoms with E-state index in [4.69, 9.17) is 4.74 Å². The minimum atomic E-state index is -0.503. The van der Waals surface area contributed by atoms with Crippen molar-refractivity contribution in [2.75, 3.05) is 13.7 Å². The lowest BCUT2D eigenvalue weighted by Gasteiger charge is -2.21. The predicted molar refractivity (Wildman–Crippen MR) is 77.8 cm³/mol. The Bertz CT molecular complexity index is 508. The Kier molecular flexibility index (Phi) is 5.87. The van der Waals surface area contributed by atoms with Gasteiger partial charge in [-0.25, -0.2) is 9.48 Å². The molecular formula is C14H24N4O3. The molecule has 0 fully saturated rings. The molecule has 7 nitrogen and oxygen atoms in total. The van der Waals surface area contributed by atoms with Crippen LogP contribution in [0.3, 0.4) is 0 Å². The summed E-state index contributed by atoms with van der Waals surface area (Å²) in [5, 5.41) is 7.68. The van der Waals surface area contributed by atoms with Gasteiger partial charge >= 0.3 is 5.97 Å². The average Bonchev–Trinajstić information content (AvgIpc) is 2.76. The van der Waals surface area contributed by atoms with Crippen molar-refractivity contribution in [3.8, 4) is 0 Å². The van der Waals surface area contributed by atoms with E-state index >= 15 is 0 Å². The third kappa shape index (κ3) is 4.54. The molecule has 1 aromatic heterocycles. The molecular weight excluding hydrogens is 272 g/mol. The maximum absolute atomic E-state index is 12.0. The maximum atomic E-state index is 12.0. The average molecular weight is 296 g/mol. The van der Waals surface area contributed by atoms with Crippen LogP contribution >= 0.6 is 0 Å². The Morgan fingerprint density at radius 3 is 2.43 bits per heavy atom. The van der Waals surface area contributed by atoms with Crippen molar-refractivity contribution >= 4 is 11.9 Å². The van der Waals surface area contributed by atoms with Gasteiger partial charge in [0.2, 0.25) is 5.91 Å². The third-order valence-corrected chi connectivity index (χ3v) is 3.18. The number of likely N-dealkylation sites (N-methyl/N-ethyl adjacent to an activating group) is 1. The molecule has 1 heterocycles. The highest BCUT2D eigenvalue weighted by Gasteiger charge is 2.21. The lowest BCUT2D eigenvalue weighted by atomic mass is 10.2. The topological polar surface area (TPSA) is 77.3 Å². The van der Waals surface area contributed by atoms with Crippen LogP contribution in [0.15, 0.2) is 0 Å². The van der Waals surface area contributed by atoms with Crippen LogP contribution in [-0.4, -0.2) is 51.5 Å². The molecule has 0 aliphatic carbocycles. The van der Waals surface area contributed by atoms with Crippen LogP contribution in [0.2, 0.25) is 0 Å². The number of aromatic nitrogens is 3. The first-order valence-electron chi connectivity index (χ1n) is 7.06. The number of rotatable bonds is 6. The number of amides is 1. The van der Waals surface area contributed by atoms with E-state index in [1.165, 1.54) is 4.68 Å².